The number of rotatable bonds is 3. The number of carbonyl (C=O) groups excluding carboxylic acids is 1. The summed E-state index contributed by atoms with van der Waals surface area (Å²) in [6.07, 6.45) is 7.04. The van der Waals surface area contributed by atoms with Crippen LogP contribution in [0.3, 0.4) is 0 Å². The summed E-state index contributed by atoms with van der Waals surface area (Å²) in [7, 11) is 0. The van der Waals surface area contributed by atoms with Crippen LogP contribution in [0.15, 0.2) is 22.8 Å². The molecule has 4 heteroatoms. The number of nitrogens with zero attached hydrogens (tertiary/aromatic N) is 1. The first kappa shape index (κ1) is 12.7. The fourth-order valence-corrected chi connectivity index (χ4v) is 2.55. The average molecular weight is 297 g/mol. The van der Waals surface area contributed by atoms with Crippen molar-refractivity contribution in [2.24, 2.45) is 5.73 Å². The molecule has 0 atom stereocenters. The third-order valence-electron chi connectivity index (χ3n) is 3.43. The summed E-state index contributed by atoms with van der Waals surface area (Å²) in [6, 6.07) is 3.77. The van der Waals surface area contributed by atoms with Gasteiger partial charge in [-0.05, 0) is 40.9 Å². The highest BCUT2D eigenvalue weighted by Gasteiger charge is 2.34. The summed E-state index contributed by atoms with van der Waals surface area (Å²) in [5, 5.41) is 0. The zero-order valence-corrected chi connectivity index (χ0v) is 11.4. The van der Waals surface area contributed by atoms with E-state index in [0.29, 0.717) is 6.42 Å². The second-order valence-electron chi connectivity index (χ2n) is 4.78. The maximum Gasteiger partial charge on any atom is 0.158 e. The predicted octanol–water partition coefficient (Wildman–Crippen LogP) is 2.62. The normalized spacial score (nSPS) is 18.9. The van der Waals surface area contributed by atoms with Gasteiger partial charge in [0.15, 0.2) is 5.78 Å². The second-order valence-corrected chi connectivity index (χ2v) is 5.70. The molecule has 1 saturated carbocycles. The lowest BCUT2D eigenvalue weighted by Gasteiger charge is -2.31. The highest BCUT2D eigenvalue weighted by atomic mass is 79.9. The van der Waals surface area contributed by atoms with Crippen molar-refractivity contribution >= 4 is 21.7 Å². The first-order chi connectivity index (χ1) is 8.10. The Hall–Kier alpha value is -0.740. The van der Waals surface area contributed by atoms with Crippen LogP contribution >= 0.6 is 15.9 Å². The molecule has 0 saturated heterocycles. The van der Waals surface area contributed by atoms with Gasteiger partial charge in [-0.3, -0.25) is 9.78 Å². The zero-order chi connectivity index (χ0) is 12.3. The number of carbonyl (C=O) groups is 1. The minimum Gasteiger partial charge on any atom is -0.319 e. The minimum atomic E-state index is -0.604. The number of aromatic nitrogens is 1. The highest BCUT2D eigenvalue weighted by molar-refractivity contribution is 9.10. The van der Waals surface area contributed by atoms with E-state index in [9.17, 15) is 4.79 Å². The van der Waals surface area contributed by atoms with Crippen molar-refractivity contribution in [1.29, 1.82) is 0 Å². The van der Waals surface area contributed by atoms with Crippen LogP contribution in [0.25, 0.3) is 0 Å². The van der Waals surface area contributed by atoms with Crippen LogP contribution in [-0.4, -0.2) is 16.3 Å². The Morgan fingerprint density at radius 2 is 2.06 bits per heavy atom. The summed E-state index contributed by atoms with van der Waals surface area (Å²) in [5.74, 6) is 0.132. The van der Waals surface area contributed by atoms with E-state index in [2.05, 4.69) is 20.9 Å². The van der Waals surface area contributed by atoms with Crippen molar-refractivity contribution in [1.82, 2.24) is 4.98 Å². The number of nitrogens with two attached hydrogens (primary N) is 1. The standard InChI is InChI=1S/C13H17BrN2O/c14-10-4-5-11(16-9-10)8-12(17)13(15)6-2-1-3-7-13/h4-5,9H,1-3,6-8,15H2. The Morgan fingerprint density at radius 1 is 1.35 bits per heavy atom. The third-order valence-corrected chi connectivity index (χ3v) is 3.90. The van der Waals surface area contributed by atoms with Gasteiger partial charge in [-0.1, -0.05) is 19.3 Å². The SMILES string of the molecule is NC1(C(=O)Cc2ccc(Br)cn2)CCCCC1. The molecule has 0 aromatic carbocycles. The maximum atomic E-state index is 12.2. The van der Waals surface area contributed by atoms with E-state index in [0.717, 1.165) is 35.8 Å². The average Bonchev–Trinajstić information content (AvgIpc) is 2.33. The fourth-order valence-electron chi connectivity index (χ4n) is 2.31. The maximum absolute atomic E-state index is 12.2. The molecule has 1 aromatic rings. The van der Waals surface area contributed by atoms with Crippen molar-refractivity contribution in [2.45, 2.75) is 44.1 Å². The van der Waals surface area contributed by atoms with Gasteiger partial charge in [-0.15, -0.1) is 0 Å². The summed E-state index contributed by atoms with van der Waals surface area (Å²) >= 11 is 3.33. The molecule has 0 radical (unpaired) electrons. The zero-order valence-electron chi connectivity index (χ0n) is 9.79. The van der Waals surface area contributed by atoms with Crippen LogP contribution < -0.4 is 5.73 Å². The van der Waals surface area contributed by atoms with Crippen LogP contribution in [-0.2, 0) is 11.2 Å². The predicted molar refractivity (Wildman–Crippen MR) is 70.7 cm³/mol. The Morgan fingerprint density at radius 3 is 2.65 bits per heavy atom. The number of ketones is 1. The van der Waals surface area contributed by atoms with E-state index < -0.39 is 5.54 Å². The van der Waals surface area contributed by atoms with Gasteiger partial charge in [0.1, 0.15) is 0 Å². The molecule has 0 aliphatic heterocycles. The fraction of sp³-hybridized carbons (Fsp3) is 0.538. The second kappa shape index (κ2) is 5.27. The Bertz CT molecular complexity index is 396. The van der Waals surface area contributed by atoms with Crippen molar-refractivity contribution in [3.63, 3.8) is 0 Å². The van der Waals surface area contributed by atoms with Crippen molar-refractivity contribution < 1.29 is 4.79 Å². The van der Waals surface area contributed by atoms with Crippen LogP contribution in [0.4, 0.5) is 0 Å². The molecule has 17 heavy (non-hydrogen) atoms. The molecular formula is C13H17BrN2O. The lowest BCUT2D eigenvalue weighted by Crippen LogP contribution is -2.50. The summed E-state index contributed by atoms with van der Waals surface area (Å²) < 4.78 is 0.925. The highest BCUT2D eigenvalue weighted by Crippen LogP contribution is 2.27. The molecule has 1 aromatic heterocycles. The van der Waals surface area contributed by atoms with E-state index in [-0.39, 0.29) is 5.78 Å². The lowest BCUT2D eigenvalue weighted by atomic mass is 9.78. The molecule has 0 spiro atoms. The quantitative estimate of drug-likeness (QED) is 0.933. The molecule has 1 aliphatic rings. The van der Waals surface area contributed by atoms with E-state index in [1.807, 2.05) is 12.1 Å². The Kier molecular flexibility index (Phi) is 3.94. The van der Waals surface area contributed by atoms with Gasteiger partial charge >= 0.3 is 0 Å². The van der Waals surface area contributed by atoms with Gasteiger partial charge in [0, 0.05) is 16.4 Å². The molecule has 0 amide bonds. The van der Waals surface area contributed by atoms with Crippen LogP contribution in [0.5, 0.6) is 0 Å². The number of hydrogen-bond donors (Lipinski definition) is 1. The lowest BCUT2D eigenvalue weighted by molar-refractivity contribution is -0.124. The van der Waals surface area contributed by atoms with E-state index in [1.165, 1.54) is 6.42 Å². The summed E-state index contributed by atoms with van der Waals surface area (Å²) in [5.41, 5.74) is 6.39. The summed E-state index contributed by atoms with van der Waals surface area (Å²) in [6.45, 7) is 0. The van der Waals surface area contributed by atoms with Crippen molar-refractivity contribution in [2.75, 3.05) is 0 Å². The minimum absolute atomic E-state index is 0.132. The number of pyridine rings is 1. The Balaban J connectivity index is 2.03. The molecule has 0 unspecified atom stereocenters. The third kappa shape index (κ3) is 3.13. The molecule has 1 heterocycles. The van der Waals surface area contributed by atoms with Crippen molar-refractivity contribution in [3.05, 3.63) is 28.5 Å². The van der Waals surface area contributed by atoms with Crippen LogP contribution in [0.2, 0.25) is 0 Å². The first-order valence-electron chi connectivity index (χ1n) is 6.03. The van der Waals surface area contributed by atoms with Crippen molar-refractivity contribution in [3.8, 4) is 0 Å². The Labute approximate surface area is 110 Å². The molecular weight excluding hydrogens is 280 g/mol. The molecule has 1 fully saturated rings. The van der Waals surface area contributed by atoms with E-state index >= 15 is 0 Å². The van der Waals surface area contributed by atoms with Gasteiger partial charge in [0.05, 0.1) is 12.0 Å². The largest absolute Gasteiger partial charge is 0.319 e. The van der Waals surface area contributed by atoms with Gasteiger partial charge in [-0.25, -0.2) is 0 Å². The monoisotopic (exact) mass is 296 g/mol. The van der Waals surface area contributed by atoms with Crippen LogP contribution in [0, 0.1) is 0 Å². The molecule has 3 nitrogen and oxygen atoms in total. The van der Waals surface area contributed by atoms with Crippen LogP contribution in [0.1, 0.15) is 37.8 Å². The van der Waals surface area contributed by atoms with E-state index in [1.54, 1.807) is 6.20 Å². The van der Waals surface area contributed by atoms with Gasteiger partial charge in [-0.2, -0.15) is 0 Å². The first-order valence-corrected chi connectivity index (χ1v) is 6.82. The number of hydrogen-bond acceptors (Lipinski definition) is 3. The molecule has 0 bridgehead atoms. The van der Waals surface area contributed by atoms with Gasteiger partial charge in [0.25, 0.3) is 0 Å². The molecule has 92 valence electrons. The van der Waals surface area contributed by atoms with Gasteiger partial charge in [0.2, 0.25) is 0 Å². The van der Waals surface area contributed by atoms with E-state index in [4.69, 9.17) is 5.73 Å². The van der Waals surface area contributed by atoms with Gasteiger partial charge < -0.3 is 5.73 Å². The smallest absolute Gasteiger partial charge is 0.158 e. The number of halogens is 1. The number of Topliss-reactive ketones (excluding diaryl/α,β-unsaturated/α-hetero) is 1. The molecule has 2 rings (SSSR count). The summed E-state index contributed by atoms with van der Waals surface area (Å²) in [4.78, 5) is 16.4. The molecule has 2 N–H and O–H groups in total. The topological polar surface area (TPSA) is 56.0 Å². The molecule has 1 aliphatic carbocycles.